The average Bonchev–Trinajstić information content (AvgIpc) is 2.31. The van der Waals surface area contributed by atoms with Crippen LogP contribution in [0.25, 0.3) is 0 Å². The Hall–Kier alpha value is -1.30. The molecule has 3 N–H and O–H groups in total. The zero-order valence-electron chi connectivity index (χ0n) is 13.0. The number of carbonyl (C=O) groups is 2. The summed E-state index contributed by atoms with van der Waals surface area (Å²) in [6.07, 6.45) is 1.51. The number of hydrogen-bond donors (Lipinski definition) is 3. The fraction of sp³-hybridized carbons (Fsp3) is 0.857. The first-order valence-corrected chi connectivity index (χ1v) is 7.00. The largest absolute Gasteiger partial charge is 0.481 e. The van der Waals surface area contributed by atoms with Gasteiger partial charge in [-0.15, -0.1) is 0 Å². The molecule has 0 fully saturated rings. The summed E-state index contributed by atoms with van der Waals surface area (Å²) < 4.78 is 0. The Bertz CT molecular complexity index is 313. The minimum atomic E-state index is -0.786. The van der Waals surface area contributed by atoms with Gasteiger partial charge in [-0.2, -0.15) is 0 Å². The molecule has 1 atom stereocenters. The fourth-order valence-electron chi connectivity index (χ4n) is 2.05. The molecule has 2 amide bonds. The van der Waals surface area contributed by atoms with Gasteiger partial charge in [0.2, 0.25) is 0 Å². The van der Waals surface area contributed by atoms with Crippen molar-refractivity contribution in [2.45, 2.75) is 40.0 Å². The van der Waals surface area contributed by atoms with E-state index in [0.29, 0.717) is 19.5 Å². The number of carboxylic acid groups (broad SMARTS) is 1. The minimum absolute atomic E-state index is 0.0111. The highest BCUT2D eigenvalue weighted by atomic mass is 16.4. The third-order valence-electron chi connectivity index (χ3n) is 3.48. The molecule has 6 heteroatoms. The monoisotopic (exact) mass is 288 g/mol. The van der Waals surface area contributed by atoms with Crippen molar-refractivity contribution < 1.29 is 19.8 Å². The zero-order chi connectivity index (χ0) is 15.8. The number of likely N-dealkylation sites (N-methyl/N-ethyl adjacent to an activating group) is 1. The number of aliphatic carboxylic acids is 1. The first kappa shape index (κ1) is 18.7. The van der Waals surface area contributed by atoms with Crippen molar-refractivity contribution >= 4 is 12.0 Å². The Kier molecular flexibility index (Phi) is 8.22. The van der Waals surface area contributed by atoms with Crippen LogP contribution < -0.4 is 5.32 Å². The van der Waals surface area contributed by atoms with Gasteiger partial charge in [0.15, 0.2) is 0 Å². The summed E-state index contributed by atoms with van der Waals surface area (Å²) in [5, 5.41) is 20.3. The van der Waals surface area contributed by atoms with Gasteiger partial charge in [-0.3, -0.25) is 4.79 Å². The molecule has 0 aliphatic carbocycles. The molecule has 0 aromatic carbocycles. The Labute approximate surface area is 121 Å². The molecule has 0 rings (SSSR count). The van der Waals surface area contributed by atoms with E-state index in [1.165, 1.54) is 4.90 Å². The Morgan fingerprint density at radius 3 is 2.30 bits per heavy atom. The summed E-state index contributed by atoms with van der Waals surface area (Å²) >= 11 is 0. The number of nitrogens with one attached hydrogen (secondary N) is 1. The number of amides is 2. The van der Waals surface area contributed by atoms with Crippen molar-refractivity contribution in [2.75, 3.05) is 26.7 Å². The number of carbonyl (C=O) groups excluding carboxylic acids is 1. The van der Waals surface area contributed by atoms with E-state index in [9.17, 15) is 9.59 Å². The molecule has 0 saturated heterocycles. The van der Waals surface area contributed by atoms with Gasteiger partial charge in [0.25, 0.3) is 0 Å². The lowest BCUT2D eigenvalue weighted by molar-refractivity contribution is -0.137. The van der Waals surface area contributed by atoms with Gasteiger partial charge in [0.1, 0.15) is 0 Å². The van der Waals surface area contributed by atoms with Crippen molar-refractivity contribution in [3.05, 3.63) is 0 Å². The molecule has 20 heavy (non-hydrogen) atoms. The molecule has 0 saturated carbocycles. The molecule has 0 heterocycles. The van der Waals surface area contributed by atoms with Crippen LogP contribution in [0, 0.1) is 11.3 Å². The highest BCUT2D eigenvalue weighted by molar-refractivity contribution is 5.73. The molecule has 0 bridgehead atoms. The van der Waals surface area contributed by atoms with E-state index in [2.05, 4.69) is 26.1 Å². The maximum atomic E-state index is 11.6. The molecule has 0 aromatic heterocycles. The van der Waals surface area contributed by atoms with Gasteiger partial charge in [-0.1, -0.05) is 20.8 Å². The van der Waals surface area contributed by atoms with Crippen LogP contribution in [0.4, 0.5) is 4.79 Å². The Morgan fingerprint density at radius 1 is 1.25 bits per heavy atom. The zero-order valence-corrected chi connectivity index (χ0v) is 13.0. The highest BCUT2D eigenvalue weighted by Crippen LogP contribution is 2.32. The maximum absolute atomic E-state index is 11.6. The molecule has 0 radical (unpaired) electrons. The van der Waals surface area contributed by atoms with Crippen LogP contribution in [0.1, 0.15) is 40.0 Å². The Balaban J connectivity index is 4.20. The predicted molar refractivity (Wildman–Crippen MR) is 77.5 cm³/mol. The van der Waals surface area contributed by atoms with Crippen LogP contribution in [0.5, 0.6) is 0 Å². The standard InChI is InChI=1S/C14H28N2O4/c1-14(2,3)11(5-6-12(18)19)7-8-15-13(20)16(4)9-10-17/h11,17H,5-10H2,1-4H3,(H,15,20)(H,18,19). The third kappa shape index (κ3) is 7.99. The number of urea groups is 1. The van der Waals surface area contributed by atoms with Gasteiger partial charge in [-0.05, 0) is 24.2 Å². The summed E-state index contributed by atoms with van der Waals surface area (Å²) in [5.41, 5.74) is 0.0111. The second-order valence-corrected chi connectivity index (χ2v) is 6.16. The summed E-state index contributed by atoms with van der Waals surface area (Å²) in [7, 11) is 1.62. The van der Waals surface area contributed by atoms with E-state index in [0.717, 1.165) is 6.42 Å². The highest BCUT2D eigenvalue weighted by Gasteiger charge is 2.25. The van der Waals surface area contributed by atoms with E-state index < -0.39 is 5.97 Å². The molecule has 0 aromatic rings. The summed E-state index contributed by atoms with van der Waals surface area (Å²) in [6, 6.07) is -0.218. The average molecular weight is 288 g/mol. The van der Waals surface area contributed by atoms with Crippen LogP contribution in [-0.4, -0.2) is 53.9 Å². The van der Waals surface area contributed by atoms with Crippen molar-refractivity contribution in [1.29, 1.82) is 0 Å². The normalized spacial score (nSPS) is 12.8. The van der Waals surface area contributed by atoms with E-state index in [1.54, 1.807) is 7.05 Å². The van der Waals surface area contributed by atoms with Crippen molar-refractivity contribution in [1.82, 2.24) is 10.2 Å². The van der Waals surface area contributed by atoms with Gasteiger partial charge >= 0.3 is 12.0 Å². The molecule has 118 valence electrons. The second kappa shape index (κ2) is 8.79. The number of aliphatic hydroxyl groups excluding tert-OH is 1. The van der Waals surface area contributed by atoms with Crippen molar-refractivity contribution in [2.24, 2.45) is 11.3 Å². The fourth-order valence-corrected chi connectivity index (χ4v) is 2.05. The third-order valence-corrected chi connectivity index (χ3v) is 3.48. The van der Waals surface area contributed by atoms with E-state index in [4.69, 9.17) is 10.2 Å². The lowest BCUT2D eigenvalue weighted by atomic mass is 9.76. The molecular formula is C14H28N2O4. The Morgan fingerprint density at radius 2 is 1.85 bits per heavy atom. The van der Waals surface area contributed by atoms with Crippen LogP contribution in [-0.2, 0) is 4.79 Å². The first-order valence-electron chi connectivity index (χ1n) is 7.00. The van der Waals surface area contributed by atoms with Crippen LogP contribution in [0.2, 0.25) is 0 Å². The summed E-state index contributed by atoms with van der Waals surface area (Å²) in [5.74, 6) is -0.548. The molecule has 0 aliphatic heterocycles. The van der Waals surface area contributed by atoms with Crippen LogP contribution in [0.15, 0.2) is 0 Å². The van der Waals surface area contributed by atoms with Crippen LogP contribution >= 0.6 is 0 Å². The van der Waals surface area contributed by atoms with E-state index in [1.807, 2.05) is 0 Å². The van der Waals surface area contributed by atoms with Gasteiger partial charge in [0, 0.05) is 26.6 Å². The lowest BCUT2D eigenvalue weighted by Crippen LogP contribution is -2.40. The molecule has 6 nitrogen and oxygen atoms in total. The molecular weight excluding hydrogens is 260 g/mol. The number of hydrogen-bond acceptors (Lipinski definition) is 3. The number of carboxylic acids is 1. The maximum Gasteiger partial charge on any atom is 0.317 e. The summed E-state index contributed by atoms with van der Waals surface area (Å²) in [4.78, 5) is 23.7. The SMILES string of the molecule is CN(CCO)C(=O)NCCC(CCC(=O)O)C(C)(C)C. The second-order valence-electron chi connectivity index (χ2n) is 6.16. The van der Waals surface area contributed by atoms with Gasteiger partial charge in [0.05, 0.1) is 6.61 Å². The number of aliphatic hydroxyl groups is 1. The van der Waals surface area contributed by atoms with E-state index >= 15 is 0 Å². The smallest absolute Gasteiger partial charge is 0.317 e. The number of nitrogens with zero attached hydrogens (tertiary/aromatic N) is 1. The number of rotatable bonds is 8. The molecule has 1 unspecified atom stereocenters. The summed E-state index contributed by atoms with van der Waals surface area (Å²) in [6.45, 7) is 6.99. The predicted octanol–water partition coefficient (Wildman–Crippen LogP) is 1.54. The van der Waals surface area contributed by atoms with Crippen molar-refractivity contribution in [3.8, 4) is 0 Å². The van der Waals surface area contributed by atoms with E-state index in [-0.39, 0.29) is 30.4 Å². The van der Waals surface area contributed by atoms with Gasteiger partial charge < -0.3 is 20.4 Å². The van der Waals surface area contributed by atoms with Gasteiger partial charge in [-0.25, -0.2) is 4.79 Å². The molecule has 0 spiro atoms. The van der Waals surface area contributed by atoms with Crippen LogP contribution in [0.3, 0.4) is 0 Å². The lowest BCUT2D eigenvalue weighted by Gasteiger charge is -2.30. The minimum Gasteiger partial charge on any atom is -0.481 e. The topological polar surface area (TPSA) is 89.9 Å². The first-order chi connectivity index (χ1) is 9.18. The molecule has 0 aliphatic rings. The van der Waals surface area contributed by atoms with Crippen molar-refractivity contribution in [3.63, 3.8) is 0 Å². The quantitative estimate of drug-likeness (QED) is 0.632.